The molecule has 1 heterocycles. The van der Waals surface area contributed by atoms with Gasteiger partial charge in [-0.2, -0.15) is 0 Å². The Balaban J connectivity index is 2.69. The van der Waals surface area contributed by atoms with Gasteiger partial charge in [0, 0.05) is 12.1 Å². The molecule has 1 rings (SSSR count). The van der Waals surface area contributed by atoms with Gasteiger partial charge in [0.1, 0.15) is 5.82 Å². The summed E-state index contributed by atoms with van der Waals surface area (Å²) in [4.78, 5) is 26.2. The van der Waals surface area contributed by atoms with E-state index in [1.807, 2.05) is 13.8 Å². The minimum Gasteiger partial charge on any atom is -0.478 e. The highest BCUT2D eigenvalue weighted by Gasteiger charge is 2.14. The highest BCUT2D eigenvalue weighted by Crippen LogP contribution is 2.11. The number of rotatable bonds is 5. The van der Waals surface area contributed by atoms with Gasteiger partial charge >= 0.3 is 5.97 Å². The van der Waals surface area contributed by atoms with E-state index in [1.54, 1.807) is 0 Å². The van der Waals surface area contributed by atoms with Crippen LogP contribution in [0.1, 0.15) is 37.0 Å². The van der Waals surface area contributed by atoms with Crippen LogP contribution in [0.15, 0.2) is 18.3 Å². The van der Waals surface area contributed by atoms with E-state index in [1.165, 1.54) is 18.3 Å². The molecule has 0 saturated heterocycles. The number of carbonyl (C=O) groups is 2. The zero-order chi connectivity index (χ0) is 12.8. The van der Waals surface area contributed by atoms with Crippen LogP contribution in [0.4, 0.5) is 5.82 Å². The lowest BCUT2D eigenvalue weighted by Gasteiger charge is -2.11. The highest BCUT2D eigenvalue weighted by molar-refractivity contribution is 5.92. The van der Waals surface area contributed by atoms with Gasteiger partial charge in [-0.25, -0.2) is 9.78 Å². The fourth-order valence-electron chi connectivity index (χ4n) is 1.48. The first kappa shape index (κ1) is 13.2. The van der Waals surface area contributed by atoms with Crippen molar-refractivity contribution in [2.75, 3.05) is 5.32 Å². The first-order chi connectivity index (χ1) is 8.08. The number of hydrogen-bond donors (Lipinski definition) is 2. The van der Waals surface area contributed by atoms with Gasteiger partial charge in [-0.1, -0.05) is 13.8 Å². The molecule has 0 radical (unpaired) electrons. The molecule has 0 spiro atoms. The topological polar surface area (TPSA) is 79.3 Å². The second kappa shape index (κ2) is 5.98. The van der Waals surface area contributed by atoms with Crippen LogP contribution in [-0.2, 0) is 4.79 Å². The van der Waals surface area contributed by atoms with Gasteiger partial charge in [-0.3, -0.25) is 4.79 Å². The van der Waals surface area contributed by atoms with Crippen molar-refractivity contribution in [1.29, 1.82) is 0 Å². The van der Waals surface area contributed by atoms with Gasteiger partial charge in [0.15, 0.2) is 0 Å². The first-order valence-corrected chi connectivity index (χ1v) is 5.58. The number of nitrogens with zero attached hydrogens (tertiary/aromatic N) is 1. The summed E-state index contributed by atoms with van der Waals surface area (Å²) in [6.07, 6.45) is 2.77. The smallest absolute Gasteiger partial charge is 0.337 e. The van der Waals surface area contributed by atoms with E-state index >= 15 is 0 Å². The third-order valence-electron chi connectivity index (χ3n) is 2.62. The summed E-state index contributed by atoms with van der Waals surface area (Å²) in [6, 6.07) is 2.90. The van der Waals surface area contributed by atoms with Gasteiger partial charge in [0.05, 0.1) is 5.56 Å². The molecule has 1 amide bonds. The molecule has 0 bridgehead atoms. The van der Waals surface area contributed by atoms with Crippen molar-refractivity contribution in [2.24, 2.45) is 5.92 Å². The van der Waals surface area contributed by atoms with Crippen molar-refractivity contribution in [3.8, 4) is 0 Å². The summed E-state index contributed by atoms with van der Waals surface area (Å²) in [7, 11) is 0. The highest BCUT2D eigenvalue weighted by atomic mass is 16.4. The Labute approximate surface area is 99.9 Å². The van der Waals surface area contributed by atoms with E-state index in [4.69, 9.17) is 5.11 Å². The third-order valence-corrected chi connectivity index (χ3v) is 2.62. The molecule has 0 unspecified atom stereocenters. The van der Waals surface area contributed by atoms with Crippen LogP contribution in [0.2, 0.25) is 0 Å². The lowest BCUT2D eigenvalue weighted by Crippen LogP contribution is -2.22. The number of hydrogen-bond acceptors (Lipinski definition) is 3. The van der Waals surface area contributed by atoms with Crippen LogP contribution in [0.25, 0.3) is 0 Å². The number of aromatic nitrogens is 1. The Morgan fingerprint density at radius 1 is 1.35 bits per heavy atom. The number of carbonyl (C=O) groups excluding carboxylic acids is 1. The molecule has 0 saturated carbocycles. The van der Waals surface area contributed by atoms with Crippen LogP contribution in [0.3, 0.4) is 0 Å². The average Bonchev–Trinajstić information content (AvgIpc) is 2.31. The fourth-order valence-corrected chi connectivity index (χ4v) is 1.48. The van der Waals surface area contributed by atoms with E-state index in [0.717, 1.165) is 12.8 Å². The molecule has 0 aliphatic heterocycles. The zero-order valence-electron chi connectivity index (χ0n) is 9.93. The fraction of sp³-hybridized carbons (Fsp3) is 0.417. The Morgan fingerprint density at radius 3 is 2.41 bits per heavy atom. The zero-order valence-corrected chi connectivity index (χ0v) is 9.93. The van der Waals surface area contributed by atoms with Crippen LogP contribution < -0.4 is 5.32 Å². The second-order valence-electron chi connectivity index (χ2n) is 3.74. The molecular weight excluding hydrogens is 220 g/mol. The molecule has 92 valence electrons. The molecule has 2 N–H and O–H groups in total. The number of anilines is 1. The van der Waals surface area contributed by atoms with Crippen molar-refractivity contribution in [3.05, 3.63) is 23.9 Å². The number of aromatic carboxylic acids is 1. The largest absolute Gasteiger partial charge is 0.478 e. The Bertz CT molecular complexity index is 397. The molecule has 0 aliphatic carbocycles. The van der Waals surface area contributed by atoms with E-state index in [2.05, 4.69) is 10.3 Å². The summed E-state index contributed by atoms with van der Waals surface area (Å²) in [5, 5.41) is 11.4. The molecule has 0 aromatic carbocycles. The summed E-state index contributed by atoms with van der Waals surface area (Å²) in [5.41, 5.74) is 0.102. The van der Waals surface area contributed by atoms with E-state index in [-0.39, 0.29) is 17.4 Å². The van der Waals surface area contributed by atoms with Crippen molar-refractivity contribution in [3.63, 3.8) is 0 Å². The predicted molar refractivity (Wildman–Crippen MR) is 63.9 cm³/mol. The number of pyridine rings is 1. The molecular formula is C12H16N2O3. The van der Waals surface area contributed by atoms with Gasteiger partial charge < -0.3 is 10.4 Å². The average molecular weight is 236 g/mol. The number of amides is 1. The molecule has 17 heavy (non-hydrogen) atoms. The quantitative estimate of drug-likeness (QED) is 0.821. The molecule has 1 aromatic heterocycles. The van der Waals surface area contributed by atoms with Gasteiger partial charge in [0.2, 0.25) is 5.91 Å². The molecule has 0 fully saturated rings. The number of carboxylic acid groups (broad SMARTS) is 1. The molecule has 1 aromatic rings. The SMILES string of the molecule is CCC(CC)C(=O)Nc1ccc(C(=O)O)cn1. The van der Waals surface area contributed by atoms with Crippen LogP contribution in [0, 0.1) is 5.92 Å². The normalized spacial score (nSPS) is 10.3. The Kier molecular flexibility index (Phi) is 4.63. The standard InChI is InChI=1S/C12H16N2O3/c1-3-8(4-2)11(15)14-10-6-5-9(7-13-10)12(16)17/h5-8H,3-4H2,1-2H3,(H,16,17)(H,13,14,15). The van der Waals surface area contributed by atoms with Crippen LogP contribution >= 0.6 is 0 Å². The minimum absolute atomic E-state index is 0.0315. The number of carboxylic acids is 1. The Hall–Kier alpha value is -1.91. The minimum atomic E-state index is -1.03. The number of nitrogens with one attached hydrogen (secondary N) is 1. The second-order valence-corrected chi connectivity index (χ2v) is 3.74. The Morgan fingerprint density at radius 2 is 2.00 bits per heavy atom. The molecule has 0 aliphatic rings. The van der Waals surface area contributed by atoms with Crippen LogP contribution in [0.5, 0.6) is 0 Å². The lowest BCUT2D eigenvalue weighted by molar-refractivity contribution is -0.120. The van der Waals surface area contributed by atoms with Crippen molar-refractivity contribution in [2.45, 2.75) is 26.7 Å². The summed E-state index contributed by atoms with van der Waals surface area (Å²) in [6.45, 7) is 3.91. The maximum Gasteiger partial charge on any atom is 0.337 e. The van der Waals surface area contributed by atoms with E-state index < -0.39 is 5.97 Å². The summed E-state index contributed by atoms with van der Waals surface area (Å²) < 4.78 is 0. The molecule has 5 nitrogen and oxygen atoms in total. The van der Waals surface area contributed by atoms with Gasteiger partial charge in [-0.15, -0.1) is 0 Å². The maximum atomic E-state index is 11.7. The summed E-state index contributed by atoms with van der Waals surface area (Å²) >= 11 is 0. The third kappa shape index (κ3) is 3.55. The van der Waals surface area contributed by atoms with E-state index in [9.17, 15) is 9.59 Å². The van der Waals surface area contributed by atoms with Gasteiger partial charge in [-0.05, 0) is 25.0 Å². The molecule has 0 atom stereocenters. The van der Waals surface area contributed by atoms with E-state index in [0.29, 0.717) is 5.82 Å². The van der Waals surface area contributed by atoms with Crippen LogP contribution in [-0.4, -0.2) is 22.0 Å². The maximum absolute atomic E-state index is 11.7. The predicted octanol–water partition coefficient (Wildman–Crippen LogP) is 2.15. The lowest BCUT2D eigenvalue weighted by atomic mass is 10.0. The molecule has 5 heteroatoms. The summed E-state index contributed by atoms with van der Waals surface area (Å²) in [5.74, 6) is -0.760. The van der Waals surface area contributed by atoms with Gasteiger partial charge in [0.25, 0.3) is 0 Å². The first-order valence-electron chi connectivity index (χ1n) is 5.58. The van der Waals surface area contributed by atoms with Crippen molar-refractivity contribution >= 4 is 17.7 Å². The van der Waals surface area contributed by atoms with Crippen molar-refractivity contribution in [1.82, 2.24) is 4.98 Å². The monoisotopic (exact) mass is 236 g/mol. The van der Waals surface area contributed by atoms with Crippen molar-refractivity contribution < 1.29 is 14.7 Å².